The maximum absolute atomic E-state index is 13.1. The van der Waals surface area contributed by atoms with Crippen molar-refractivity contribution in [2.75, 3.05) is 47.4 Å². The molecule has 0 unspecified atom stereocenters. The molecule has 0 aliphatic heterocycles. The van der Waals surface area contributed by atoms with Crippen LogP contribution in [0, 0.1) is 11.3 Å². The SMILES string of the molecule is COCCCNC(=O)N(C[C@@H]1CCCC[C@](c2ccccc2)(N(C)C)CC1)CC(C)(C)C(N)=O. The molecule has 0 radical (unpaired) electrons. The molecule has 1 aliphatic rings. The molecule has 192 valence electrons. The number of hydrogen-bond acceptors (Lipinski definition) is 4. The van der Waals surface area contributed by atoms with Crippen LogP contribution in [0.25, 0.3) is 0 Å². The molecule has 0 spiro atoms. The highest BCUT2D eigenvalue weighted by molar-refractivity contribution is 5.81. The van der Waals surface area contributed by atoms with E-state index in [4.69, 9.17) is 10.5 Å². The second kappa shape index (κ2) is 13.1. The van der Waals surface area contributed by atoms with Gasteiger partial charge in [0.15, 0.2) is 0 Å². The third-order valence-electron chi connectivity index (χ3n) is 7.41. The lowest BCUT2D eigenvalue weighted by molar-refractivity contribution is -0.126. The molecule has 0 saturated heterocycles. The summed E-state index contributed by atoms with van der Waals surface area (Å²) in [7, 11) is 6.01. The first kappa shape index (κ1) is 28.1. The summed E-state index contributed by atoms with van der Waals surface area (Å²) in [6, 6.07) is 10.7. The van der Waals surface area contributed by atoms with Gasteiger partial charge in [-0.1, -0.05) is 43.2 Å². The first-order valence-corrected chi connectivity index (χ1v) is 12.7. The Morgan fingerprint density at radius 3 is 2.47 bits per heavy atom. The molecule has 0 bridgehead atoms. The van der Waals surface area contributed by atoms with E-state index in [0.717, 1.165) is 44.9 Å². The number of hydrogen-bond donors (Lipinski definition) is 2. The topological polar surface area (TPSA) is 87.9 Å². The van der Waals surface area contributed by atoms with Gasteiger partial charge in [-0.15, -0.1) is 0 Å². The smallest absolute Gasteiger partial charge is 0.317 e. The quantitative estimate of drug-likeness (QED) is 0.475. The maximum Gasteiger partial charge on any atom is 0.317 e. The predicted molar refractivity (Wildman–Crippen MR) is 137 cm³/mol. The Kier molecular flexibility index (Phi) is 10.8. The number of nitrogens with zero attached hydrogens (tertiary/aromatic N) is 2. The second-order valence-corrected chi connectivity index (χ2v) is 10.6. The Balaban J connectivity index is 2.17. The van der Waals surface area contributed by atoms with Crippen molar-refractivity contribution in [3.63, 3.8) is 0 Å². The van der Waals surface area contributed by atoms with Crippen LogP contribution in [0.4, 0.5) is 4.79 Å². The highest BCUT2D eigenvalue weighted by Crippen LogP contribution is 2.40. The van der Waals surface area contributed by atoms with Gasteiger partial charge in [-0.3, -0.25) is 9.69 Å². The van der Waals surface area contributed by atoms with Gasteiger partial charge in [0.1, 0.15) is 0 Å². The van der Waals surface area contributed by atoms with E-state index in [2.05, 4.69) is 54.6 Å². The number of carbonyl (C=O) groups excluding carboxylic acids is 2. The first-order valence-electron chi connectivity index (χ1n) is 12.7. The zero-order valence-corrected chi connectivity index (χ0v) is 21.9. The summed E-state index contributed by atoms with van der Waals surface area (Å²) in [4.78, 5) is 29.3. The highest BCUT2D eigenvalue weighted by atomic mass is 16.5. The van der Waals surface area contributed by atoms with Crippen molar-refractivity contribution in [3.8, 4) is 0 Å². The number of primary amides is 1. The van der Waals surface area contributed by atoms with Crippen molar-refractivity contribution in [2.24, 2.45) is 17.1 Å². The molecule has 1 aromatic carbocycles. The number of amides is 3. The van der Waals surface area contributed by atoms with Crippen molar-refractivity contribution in [2.45, 2.75) is 64.3 Å². The van der Waals surface area contributed by atoms with Gasteiger partial charge in [-0.25, -0.2) is 4.79 Å². The summed E-state index contributed by atoms with van der Waals surface area (Å²) in [6.07, 6.45) is 7.32. The third kappa shape index (κ3) is 7.70. The van der Waals surface area contributed by atoms with Crippen LogP contribution in [0.3, 0.4) is 0 Å². The Labute approximate surface area is 206 Å². The zero-order valence-electron chi connectivity index (χ0n) is 21.9. The van der Waals surface area contributed by atoms with Gasteiger partial charge < -0.3 is 20.7 Å². The number of methoxy groups -OCH3 is 1. The van der Waals surface area contributed by atoms with Gasteiger partial charge in [-0.05, 0) is 71.5 Å². The number of urea groups is 1. The number of rotatable bonds is 11. The summed E-state index contributed by atoms with van der Waals surface area (Å²) < 4.78 is 5.09. The van der Waals surface area contributed by atoms with Gasteiger partial charge >= 0.3 is 6.03 Å². The minimum absolute atomic E-state index is 0.000331. The molecule has 1 aliphatic carbocycles. The molecular formula is C27H46N4O3. The predicted octanol–water partition coefficient (Wildman–Crippen LogP) is 3.97. The van der Waals surface area contributed by atoms with E-state index in [9.17, 15) is 9.59 Å². The summed E-state index contributed by atoms with van der Waals surface area (Å²) in [5.41, 5.74) is 6.23. The molecule has 1 saturated carbocycles. The summed E-state index contributed by atoms with van der Waals surface area (Å²) >= 11 is 0. The van der Waals surface area contributed by atoms with Crippen LogP contribution in [-0.2, 0) is 15.1 Å². The fraction of sp³-hybridized carbons (Fsp3) is 0.704. The summed E-state index contributed by atoms with van der Waals surface area (Å²) in [5, 5.41) is 3.00. The molecular weight excluding hydrogens is 428 g/mol. The molecule has 2 atom stereocenters. The average Bonchev–Trinajstić information content (AvgIpc) is 2.78. The molecule has 3 N–H and O–H groups in total. The fourth-order valence-corrected chi connectivity index (χ4v) is 5.10. The zero-order chi connectivity index (χ0) is 25.2. The van der Waals surface area contributed by atoms with Crippen molar-refractivity contribution < 1.29 is 14.3 Å². The first-order chi connectivity index (χ1) is 16.1. The van der Waals surface area contributed by atoms with Crippen LogP contribution < -0.4 is 11.1 Å². The van der Waals surface area contributed by atoms with Crippen molar-refractivity contribution in [1.29, 1.82) is 0 Å². The Morgan fingerprint density at radius 1 is 1.15 bits per heavy atom. The Bertz CT molecular complexity index is 768. The van der Waals surface area contributed by atoms with Gasteiger partial charge in [0, 0.05) is 38.9 Å². The van der Waals surface area contributed by atoms with Crippen LogP contribution in [0.1, 0.15) is 64.4 Å². The van der Waals surface area contributed by atoms with E-state index in [1.54, 1.807) is 7.11 Å². The van der Waals surface area contributed by atoms with E-state index in [0.29, 0.717) is 32.2 Å². The lowest BCUT2D eigenvalue weighted by Crippen LogP contribution is -2.50. The Hall–Kier alpha value is -2.12. The molecule has 2 rings (SSSR count). The van der Waals surface area contributed by atoms with Crippen molar-refractivity contribution in [1.82, 2.24) is 15.1 Å². The summed E-state index contributed by atoms with van der Waals surface area (Å²) in [5.74, 6) is -0.0187. The van der Waals surface area contributed by atoms with Crippen molar-refractivity contribution in [3.05, 3.63) is 35.9 Å². The standard InChI is InChI=1S/C27H46N4O3/c1-26(2,24(28)32)21-31(25(33)29-18-11-19-34-5)20-22-12-9-10-16-27(17-15-22,30(3)4)23-13-7-6-8-14-23/h6-8,13-14,22H,9-12,15-21H2,1-5H3,(H2,28,32)(H,29,33)/t22-,27+/m1/s1. The van der Waals surface area contributed by atoms with Gasteiger partial charge in [0.2, 0.25) is 5.91 Å². The van der Waals surface area contributed by atoms with E-state index in [1.165, 1.54) is 5.56 Å². The van der Waals surface area contributed by atoms with E-state index in [1.807, 2.05) is 18.7 Å². The number of nitrogens with one attached hydrogen (secondary N) is 1. The van der Waals surface area contributed by atoms with Gasteiger partial charge in [0.05, 0.1) is 5.41 Å². The van der Waals surface area contributed by atoms with Crippen molar-refractivity contribution >= 4 is 11.9 Å². The monoisotopic (exact) mass is 474 g/mol. The van der Waals surface area contributed by atoms with Gasteiger partial charge in [-0.2, -0.15) is 0 Å². The minimum atomic E-state index is -0.789. The molecule has 3 amide bonds. The van der Waals surface area contributed by atoms with Crippen LogP contribution in [0.15, 0.2) is 30.3 Å². The van der Waals surface area contributed by atoms with E-state index < -0.39 is 11.3 Å². The van der Waals surface area contributed by atoms with Crippen LogP contribution in [0.5, 0.6) is 0 Å². The molecule has 0 aromatic heterocycles. The highest BCUT2D eigenvalue weighted by Gasteiger charge is 2.37. The van der Waals surface area contributed by atoms with Crippen LogP contribution in [-0.4, -0.2) is 69.2 Å². The number of nitrogens with two attached hydrogens (primary N) is 1. The van der Waals surface area contributed by atoms with E-state index in [-0.39, 0.29) is 11.6 Å². The molecule has 0 heterocycles. The molecule has 1 aromatic rings. The number of ether oxygens (including phenoxy) is 1. The minimum Gasteiger partial charge on any atom is -0.385 e. The fourth-order valence-electron chi connectivity index (χ4n) is 5.10. The largest absolute Gasteiger partial charge is 0.385 e. The number of carbonyl (C=O) groups is 2. The number of benzene rings is 1. The van der Waals surface area contributed by atoms with Crippen LogP contribution in [0.2, 0.25) is 0 Å². The summed E-state index contributed by atoms with van der Waals surface area (Å²) in [6.45, 7) is 5.71. The molecule has 34 heavy (non-hydrogen) atoms. The normalized spacial score (nSPS) is 21.5. The van der Waals surface area contributed by atoms with E-state index >= 15 is 0 Å². The lowest BCUT2D eigenvalue weighted by atomic mass is 9.75. The van der Waals surface area contributed by atoms with Crippen LogP contribution >= 0.6 is 0 Å². The molecule has 7 nitrogen and oxygen atoms in total. The lowest BCUT2D eigenvalue weighted by Gasteiger charge is -2.44. The molecule has 7 heteroatoms. The second-order valence-electron chi connectivity index (χ2n) is 10.6. The average molecular weight is 475 g/mol. The van der Waals surface area contributed by atoms with Gasteiger partial charge in [0.25, 0.3) is 0 Å². The molecule has 1 fully saturated rings. The Morgan fingerprint density at radius 2 is 1.85 bits per heavy atom. The maximum atomic E-state index is 13.1. The third-order valence-corrected chi connectivity index (χ3v) is 7.41.